The van der Waals surface area contributed by atoms with E-state index in [1.807, 2.05) is 36.4 Å². The van der Waals surface area contributed by atoms with Crippen LogP contribution in [0.25, 0.3) is 0 Å². The number of hydrogen-bond donors (Lipinski definition) is 2. The number of methoxy groups -OCH3 is 2. The van der Waals surface area contributed by atoms with Crippen LogP contribution in [0, 0.1) is 0 Å². The second-order valence-corrected chi connectivity index (χ2v) is 5.82. The highest BCUT2D eigenvalue weighted by atomic mass is 32.1. The van der Waals surface area contributed by atoms with Crippen LogP contribution in [0.15, 0.2) is 48.5 Å². The molecule has 2 aromatic carbocycles. The maximum Gasteiger partial charge on any atom is 0.167 e. The third-order valence-corrected chi connectivity index (χ3v) is 4.11. The fourth-order valence-corrected chi connectivity index (χ4v) is 2.61. The van der Waals surface area contributed by atoms with Gasteiger partial charge in [-0.25, -0.2) is 0 Å². The maximum absolute atomic E-state index is 5.42. The summed E-state index contributed by atoms with van der Waals surface area (Å²) in [5, 5.41) is 7.26. The lowest BCUT2D eigenvalue weighted by Crippen LogP contribution is -2.37. The van der Waals surface area contributed by atoms with Gasteiger partial charge >= 0.3 is 0 Å². The highest BCUT2D eigenvalue weighted by molar-refractivity contribution is 7.80. The second-order valence-electron chi connectivity index (χ2n) is 5.41. The molecular weight excluding hydrogens is 320 g/mol. The van der Waals surface area contributed by atoms with Gasteiger partial charge in [0.2, 0.25) is 0 Å². The van der Waals surface area contributed by atoms with Crippen LogP contribution in [0.2, 0.25) is 0 Å². The topological polar surface area (TPSA) is 42.5 Å². The van der Waals surface area contributed by atoms with Crippen molar-refractivity contribution in [3.05, 3.63) is 59.7 Å². The van der Waals surface area contributed by atoms with Crippen LogP contribution in [0.3, 0.4) is 0 Å². The van der Waals surface area contributed by atoms with Crippen LogP contribution in [0.5, 0.6) is 11.5 Å². The van der Waals surface area contributed by atoms with Gasteiger partial charge in [0, 0.05) is 6.54 Å². The molecule has 0 aliphatic heterocycles. The lowest BCUT2D eigenvalue weighted by molar-refractivity contribution is 0.414. The molecule has 0 aromatic heterocycles. The first kappa shape index (κ1) is 18.1. The van der Waals surface area contributed by atoms with Gasteiger partial charge in [-0.2, -0.15) is 0 Å². The Kier molecular flexibility index (Phi) is 6.88. The summed E-state index contributed by atoms with van der Waals surface area (Å²) >= 11 is 5.42. The molecular formula is C19H24N2O2S. The molecule has 128 valence electrons. The van der Waals surface area contributed by atoms with E-state index in [1.165, 1.54) is 5.56 Å². The summed E-state index contributed by atoms with van der Waals surface area (Å²) in [7, 11) is 3.33. The fourth-order valence-electron chi connectivity index (χ4n) is 2.39. The van der Waals surface area contributed by atoms with Gasteiger partial charge in [-0.1, -0.05) is 31.2 Å². The molecule has 2 rings (SSSR count). The average molecular weight is 344 g/mol. The van der Waals surface area contributed by atoms with E-state index in [4.69, 9.17) is 21.7 Å². The van der Waals surface area contributed by atoms with E-state index in [1.54, 1.807) is 14.2 Å². The van der Waals surface area contributed by atoms with Crippen molar-refractivity contribution in [2.45, 2.75) is 25.9 Å². The van der Waals surface area contributed by atoms with Crippen LogP contribution in [-0.2, 0) is 6.54 Å². The lowest BCUT2D eigenvalue weighted by atomic mass is 10.0. The monoisotopic (exact) mass is 344 g/mol. The largest absolute Gasteiger partial charge is 0.497 e. The van der Waals surface area contributed by atoms with Gasteiger partial charge in [0.1, 0.15) is 11.5 Å². The van der Waals surface area contributed by atoms with Gasteiger partial charge in [0.15, 0.2) is 5.11 Å². The highest BCUT2D eigenvalue weighted by Crippen LogP contribution is 2.20. The first-order valence-electron chi connectivity index (χ1n) is 7.97. The van der Waals surface area contributed by atoms with Crippen molar-refractivity contribution in [2.24, 2.45) is 0 Å². The maximum atomic E-state index is 5.42. The SMILES string of the molecule is CC[C@@H](NC(=S)NCc1ccc(OC)cc1)c1ccc(OC)cc1. The Morgan fingerprint density at radius 2 is 1.50 bits per heavy atom. The summed E-state index contributed by atoms with van der Waals surface area (Å²) in [6.45, 7) is 2.81. The van der Waals surface area contributed by atoms with Crippen molar-refractivity contribution in [2.75, 3.05) is 14.2 Å². The minimum atomic E-state index is 0.173. The van der Waals surface area contributed by atoms with E-state index < -0.39 is 0 Å². The molecule has 24 heavy (non-hydrogen) atoms. The molecule has 0 bridgehead atoms. The number of hydrogen-bond acceptors (Lipinski definition) is 3. The summed E-state index contributed by atoms with van der Waals surface area (Å²) in [5.74, 6) is 1.71. The van der Waals surface area contributed by atoms with E-state index in [0.29, 0.717) is 11.7 Å². The van der Waals surface area contributed by atoms with Crippen molar-refractivity contribution < 1.29 is 9.47 Å². The van der Waals surface area contributed by atoms with E-state index in [-0.39, 0.29) is 6.04 Å². The van der Waals surface area contributed by atoms with Crippen molar-refractivity contribution in [1.29, 1.82) is 0 Å². The molecule has 2 N–H and O–H groups in total. The molecule has 4 nitrogen and oxygen atoms in total. The summed E-state index contributed by atoms with van der Waals surface area (Å²) in [4.78, 5) is 0. The third kappa shape index (κ3) is 5.13. The summed E-state index contributed by atoms with van der Waals surface area (Å²) in [6.07, 6.45) is 0.941. The van der Waals surface area contributed by atoms with Gasteiger partial charge in [0.05, 0.1) is 20.3 Å². The van der Waals surface area contributed by atoms with E-state index >= 15 is 0 Å². The molecule has 0 unspecified atom stereocenters. The van der Waals surface area contributed by atoms with Crippen molar-refractivity contribution in [1.82, 2.24) is 10.6 Å². The number of benzene rings is 2. The Labute approximate surface area is 149 Å². The minimum Gasteiger partial charge on any atom is -0.497 e. The van der Waals surface area contributed by atoms with Crippen LogP contribution < -0.4 is 20.1 Å². The van der Waals surface area contributed by atoms with Gasteiger partial charge in [-0.3, -0.25) is 0 Å². The van der Waals surface area contributed by atoms with E-state index in [0.717, 1.165) is 23.5 Å². The predicted octanol–water partition coefficient (Wildman–Crippen LogP) is 3.82. The van der Waals surface area contributed by atoms with Gasteiger partial charge < -0.3 is 20.1 Å². The van der Waals surface area contributed by atoms with Gasteiger partial charge in [0.25, 0.3) is 0 Å². The smallest absolute Gasteiger partial charge is 0.167 e. The molecule has 2 aromatic rings. The van der Waals surface area contributed by atoms with Crippen LogP contribution in [0.1, 0.15) is 30.5 Å². The molecule has 0 fully saturated rings. The molecule has 0 heterocycles. The molecule has 0 amide bonds. The lowest BCUT2D eigenvalue weighted by Gasteiger charge is -2.20. The average Bonchev–Trinajstić information content (AvgIpc) is 2.65. The van der Waals surface area contributed by atoms with Gasteiger partial charge in [-0.15, -0.1) is 0 Å². The van der Waals surface area contributed by atoms with Crippen molar-refractivity contribution in [3.63, 3.8) is 0 Å². The number of rotatable bonds is 7. The standard InChI is InChI=1S/C19H24N2O2S/c1-4-18(15-7-11-17(23-3)12-8-15)21-19(24)20-13-14-5-9-16(22-2)10-6-14/h5-12,18H,4,13H2,1-3H3,(H2,20,21,24)/t18-/m1/s1. The quantitative estimate of drug-likeness (QED) is 0.748. The zero-order valence-electron chi connectivity index (χ0n) is 14.3. The molecule has 0 saturated carbocycles. The molecule has 0 saturated heterocycles. The third-order valence-electron chi connectivity index (χ3n) is 3.84. The van der Waals surface area contributed by atoms with E-state index in [9.17, 15) is 0 Å². The van der Waals surface area contributed by atoms with E-state index in [2.05, 4.69) is 29.7 Å². The first-order chi connectivity index (χ1) is 11.7. The Bertz CT molecular complexity index is 641. The Hall–Kier alpha value is -2.27. The fraction of sp³-hybridized carbons (Fsp3) is 0.316. The normalized spacial score (nSPS) is 11.5. The van der Waals surface area contributed by atoms with Crippen LogP contribution >= 0.6 is 12.2 Å². The predicted molar refractivity (Wildman–Crippen MR) is 102 cm³/mol. The van der Waals surface area contributed by atoms with Crippen LogP contribution in [-0.4, -0.2) is 19.3 Å². The zero-order valence-corrected chi connectivity index (χ0v) is 15.2. The molecule has 0 aliphatic rings. The molecule has 5 heteroatoms. The van der Waals surface area contributed by atoms with Crippen LogP contribution in [0.4, 0.5) is 0 Å². The summed E-state index contributed by atoms with van der Waals surface area (Å²) < 4.78 is 10.4. The number of nitrogens with one attached hydrogen (secondary N) is 2. The summed E-state index contributed by atoms with van der Waals surface area (Å²) in [5.41, 5.74) is 2.34. The Balaban J connectivity index is 1.88. The first-order valence-corrected chi connectivity index (χ1v) is 8.38. The molecule has 1 atom stereocenters. The highest BCUT2D eigenvalue weighted by Gasteiger charge is 2.10. The van der Waals surface area contributed by atoms with Crippen molar-refractivity contribution >= 4 is 17.3 Å². The Morgan fingerprint density at radius 1 is 0.958 bits per heavy atom. The number of ether oxygens (including phenoxy) is 2. The molecule has 0 spiro atoms. The molecule has 0 radical (unpaired) electrons. The summed E-state index contributed by atoms with van der Waals surface area (Å²) in [6, 6.07) is 16.2. The second kappa shape index (κ2) is 9.13. The van der Waals surface area contributed by atoms with Crippen molar-refractivity contribution in [3.8, 4) is 11.5 Å². The molecule has 0 aliphatic carbocycles. The Morgan fingerprint density at radius 3 is 2.00 bits per heavy atom. The van der Waals surface area contributed by atoms with Gasteiger partial charge in [-0.05, 0) is 54.0 Å². The minimum absolute atomic E-state index is 0.173. The zero-order chi connectivity index (χ0) is 17.4. The number of thiocarbonyl (C=S) groups is 1.